The molecule has 0 bridgehead atoms. The van der Waals surface area contributed by atoms with E-state index in [-0.39, 0.29) is 22.4 Å². The molecule has 4 nitrogen and oxygen atoms in total. The molecular weight excluding hydrogens is 428 g/mol. The number of hydrogen-bond donors (Lipinski definition) is 0. The van der Waals surface area contributed by atoms with E-state index in [4.69, 9.17) is 17.7 Å². The maximum Gasteiger partial charge on any atom is 0.681 e. The lowest BCUT2D eigenvalue weighted by Crippen LogP contribution is -2.63. The van der Waals surface area contributed by atoms with Gasteiger partial charge in [-0.3, -0.25) is 0 Å². The Morgan fingerprint density at radius 3 is 0.727 bits per heavy atom. The van der Waals surface area contributed by atoms with E-state index in [9.17, 15) is 0 Å². The van der Waals surface area contributed by atoms with Gasteiger partial charge in [-0.05, 0) is 81.1 Å². The number of hydrogen-bond acceptors (Lipinski definition) is 4. The van der Waals surface area contributed by atoms with Crippen molar-refractivity contribution in [1.82, 2.24) is 0 Å². The Hall–Kier alpha value is 0.0569. The molecule has 0 unspecified atom stereocenters. The van der Waals surface area contributed by atoms with Crippen LogP contribution in [0, 0.1) is 0 Å². The van der Waals surface area contributed by atoms with Crippen LogP contribution in [-0.2, 0) is 17.7 Å². The molecule has 5 heteroatoms. The Morgan fingerprint density at radius 1 is 0.394 bits per heavy atom. The van der Waals surface area contributed by atoms with Gasteiger partial charge in [0.05, 0.1) is 22.4 Å². The summed E-state index contributed by atoms with van der Waals surface area (Å²) in [4.78, 5) is 0. The third kappa shape index (κ3) is 14.9. The Morgan fingerprint density at radius 2 is 0.576 bits per heavy atom. The van der Waals surface area contributed by atoms with Crippen LogP contribution in [0.1, 0.15) is 160 Å². The van der Waals surface area contributed by atoms with Crippen LogP contribution < -0.4 is 0 Å². The lowest BCUT2D eigenvalue weighted by molar-refractivity contribution is -0.172. The molecule has 0 aliphatic carbocycles. The topological polar surface area (TPSA) is 36.9 Å². The second-order valence-electron chi connectivity index (χ2n) is 12.4. The first-order valence-electron chi connectivity index (χ1n) is 13.9. The molecule has 0 aromatic heterocycles. The molecule has 0 atom stereocenters. The summed E-state index contributed by atoms with van der Waals surface area (Å²) in [6.45, 7) is 26.2. The lowest BCUT2D eigenvalue weighted by Gasteiger charge is -2.46. The van der Waals surface area contributed by atoms with Crippen LogP contribution in [0.25, 0.3) is 0 Å². The monoisotopic (exact) mass is 488 g/mol. The fourth-order valence-electron chi connectivity index (χ4n) is 4.09. The average molecular weight is 489 g/mol. The van der Waals surface area contributed by atoms with E-state index < -0.39 is 9.05 Å². The maximum atomic E-state index is 6.95. The summed E-state index contributed by atoms with van der Waals surface area (Å²) < 4.78 is 27.8. The molecule has 0 aliphatic heterocycles. The van der Waals surface area contributed by atoms with Crippen LogP contribution in [0.5, 0.6) is 0 Å². The lowest BCUT2D eigenvalue weighted by atomic mass is 10.0. The van der Waals surface area contributed by atoms with Crippen LogP contribution in [0.3, 0.4) is 0 Å². The van der Waals surface area contributed by atoms with Crippen molar-refractivity contribution in [1.29, 1.82) is 0 Å². The molecule has 0 heterocycles. The standard InChI is InChI=1S/C28H60O4Si/c1-13-17-21-25(5,6)29-33(30-26(7,8)22-18-14-2,31-27(9,10)23-19-15-3)32-28(11,12)24-20-16-4/h13-24H2,1-12H3. The molecule has 0 amide bonds. The summed E-state index contributed by atoms with van der Waals surface area (Å²) in [6.07, 6.45) is 12.8. The quantitative estimate of drug-likeness (QED) is 0.160. The van der Waals surface area contributed by atoms with E-state index in [1.807, 2.05) is 0 Å². The summed E-state index contributed by atoms with van der Waals surface area (Å²) in [5.74, 6) is 0. The van der Waals surface area contributed by atoms with E-state index in [2.05, 4.69) is 83.1 Å². The minimum atomic E-state index is -3.54. The van der Waals surface area contributed by atoms with Crippen LogP contribution in [-0.4, -0.2) is 31.5 Å². The van der Waals surface area contributed by atoms with Gasteiger partial charge in [0, 0.05) is 0 Å². The summed E-state index contributed by atoms with van der Waals surface area (Å²) in [6, 6.07) is 0. The van der Waals surface area contributed by atoms with Crippen molar-refractivity contribution in [2.24, 2.45) is 0 Å². The third-order valence-corrected chi connectivity index (χ3v) is 9.35. The SMILES string of the molecule is CCCCC(C)(C)O[Si](OC(C)(C)CCCC)(OC(C)(C)CCCC)OC(C)(C)CCCC. The molecule has 0 aromatic carbocycles. The van der Waals surface area contributed by atoms with E-state index in [1.54, 1.807) is 0 Å². The molecule has 0 saturated heterocycles. The Bertz CT molecular complexity index is 421. The molecule has 0 radical (unpaired) electrons. The molecule has 200 valence electrons. The zero-order chi connectivity index (χ0) is 25.8. The predicted molar refractivity (Wildman–Crippen MR) is 145 cm³/mol. The summed E-state index contributed by atoms with van der Waals surface area (Å²) in [7, 11) is -3.54. The van der Waals surface area contributed by atoms with Gasteiger partial charge < -0.3 is 17.7 Å². The third-order valence-electron chi connectivity index (χ3n) is 6.13. The summed E-state index contributed by atoms with van der Waals surface area (Å²) in [5, 5.41) is 0. The molecule has 0 saturated carbocycles. The predicted octanol–water partition coefficient (Wildman–Crippen LogP) is 9.36. The average Bonchev–Trinajstić information content (AvgIpc) is 2.66. The number of unbranched alkanes of at least 4 members (excludes halogenated alkanes) is 4. The fraction of sp³-hybridized carbons (Fsp3) is 1.00. The first-order valence-corrected chi connectivity index (χ1v) is 15.5. The summed E-state index contributed by atoms with van der Waals surface area (Å²) in [5.41, 5.74) is -1.54. The van der Waals surface area contributed by atoms with Crippen molar-refractivity contribution >= 4 is 9.05 Å². The zero-order valence-corrected chi connectivity index (χ0v) is 25.6. The fourth-order valence-corrected chi connectivity index (χ4v) is 7.46. The van der Waals surface area contributed by atoms with Crippen molar-refractivity contribution < 1.29 is 17.7 Å². The highest BCUT2D eigenvalue weighted by Gasteiger charge is 2.58. The first kappa shape index (κ1) is 33.1. The molecule has 33 heavy (non-hydrogen) atoms. The normalized spacial score (nSPS) is 14.2. The van der Waals surface area contributed by atoms with Gasteiger partial charge in [-0.1, -0.05) is 79.1 Å². The van der Waals surface area contributed by atoms with Gasteiger partial charge in [0.15, 0.2) is 0 Å². The highest BCUT2D eigenvalue weighted by atomic mass is 28.4. The molecule has 0 N–H and O–H groups in total. The summed E-state index contributed by atoms with van der Waals surface area (Å²) >= 11 is 0. The molecule has 0 rings (SSSR count). The van der Waals surface area contributed by atoms with Crippen LogP contribution in [0.15, 0.2) is 0 Å². The largest absolute Gasteiger partial charge is 0.681 e. The minimum absolute atomic E-state index is 0.384. The molecule has 0 aromatic rings. The van der Waals surface area contributed by atoms with Gasteiger partial charge in [0.2, 0.25) is 0 Å². The van der Waals surface area contributed by atoms with Crippen molar-refractivity contribution in [3.8, 4) is 0 Å². The Kier molecular flexibility index (Phi) is 14.6. The second kappa shape index (κ2) is 14.6. The molecular formula is C28H60O4Si. The Labute approximate surface area is 209 Å². The van der Waals surface area contributed by atoms with E-state index in [1.165, 1.54) is 0 Å². The first-order chi connectivity index (χ1) is 15.1. The Balaban J connectivity index is 6.34. The van der Waals surface area contributed by atoms with Crippen LogP contribution in [0.4, 0.5) is 0 Å². The van der Waals surface area contributed by atoms with E-state index in [0.29, 0.717) is 0 Å². The minimum Gasteiger partial charge on any atom is -0.346 e. The molecule has 0 fully saturated rings. The molecule has 0 spiro atoms. The van der Waals surface area contributed by atoms with Gasteiger partial charge >= 0.3 is 9.05 Å². The van der Waals surface area contributed by atoms with Gasteiger partial charge in [0.25, 0.3) is 0 Å². The number of rotatable bonds is 20. The van der Waals surface area contributed by atoms with Gasteiger partial charge in [-0.15, -0.1) is 0 Å². The van der Waals surface area contributed by atoms with Gasteiger partial charge in [-0.2, -0.15) is 0 Å². The van der Waals surface area contributed by atoms with Crippen molar-refractivity contribution in [3.05, 3.63) is 0 Å². The van der Waals surface area contributed by atoms with Crippen LogP contribution >= 0.6 is 0 Å². The molecule has 0 aliphatic rings. The van der Waals surface area contributed by atoms with Crippen LogP contribution in [0.2, 0.25) is 0 Å². The van der Waals surface area contributed by atoms with Crippen molar-refractivity contribution in [2.45, 2.75) is 183 Å². The second-order valence-corrected chi connectivity index (χ2v) is 14.2. The highest BCUT2D eigenvalue weighted by molar-refractivity contribution is 6.54. The zero-order valence-electron chi connectivity index (χ0n) is 24.6. The highest BCUT2D eigenvalue weighted by Crippen LogP contribution is 2.38. The van der Waals surface area contributed by atoms with Gasteiger partial charge in [-0.25, -0.2) is 0 Å². The van der Waals surface area contributed by atoms with Gasteiger partial charge in [0.1, 0.15) is 0 Å². The van der Waals surface area contributed by atoms with E-state index >= 15 is 0 Å². The van der Waals surface area contributed by atoms with Crippen molar-refractivity contribution in [2.75, 3.05) is 0 Å². The van der Waals surface area contributed by atoms with Crippen molar-refractivity contribution in [3.63, 3.8) is 0 Å². The maximum absolute atomic E-state index is 6.95. The smallest absolute Gasteiger partial charge is 0.346 e. The van der Waals surface area contributed by atoms with E-state index in [0.717, 1.165) is 77.0 Å².